The lowest BCUT2D eigenvalue weighted by Gasteiger charge is -2.40. The Bertz CT molecular complexity index is 454. The van der Waals surface area contributed by atoms with Crippen LogP contribution in [-0.4, -0.2) is 27.2 Å². The van der Waals surface area contributed by atoms with Crippen molar-refractivity contribution in [3.05, 3.63) is 11.5 Å². The standard InChI is InChI=1S/C13H21ClN4O/c1-12(2)3-5-13(19,6-4-12)8-17-10-9(15)7-16-11(14)18-10/h7,19H,3-6,8,15H2,1-2H3,(H,16,17,18). The van der Waals surface area contributed by atoms with Crippen LogP contribution in [0.25, 0.3) is 0 Å². The largest absolute Gasteiger partial charge is 0.394 e. The number of aromatic nitrogens is 2. The Hall–Kier alpha value is -1.07. The Balaban J connectivity index is 1.97. The summed E-state index contributed by atoms with van der Waals surface area (Å²) in [5.74, 6) is 0.484. The fourth-order valence-electron chi connectivity index (χ4n) is 2.33. The zero-order valence-electron chi connectivity index (χ0n) is 11.4. The minimum atomic E-state index is -0.695. The first-order valence-electron chi connectivity index (χ1n) is 6.54. The smallest absolute Gasteiger partial charge is 0.224 e. The molecule has 1 saturated carbocycles. The molecule has 106 valence electrons. The van der Waals surface area contributed by atoms with E-state index in [-0.39, 0.29) is 5.28 Å². The molecule has 19 heavy (non-hydrogen) atoms. The van der Waals surface area contributed by atoms with E-state index < -0.39 is 5.60 Å². The van der Waals surface area contributed by atoms with Crippen LogP contribution in [0.15, 0.2) is 6.20 Å². The molecule has 4 N–H and O–H groups in total. The molecule has 1 aromatic heterocycles. The van der Waals surface area contributed by atoms with Crippen molar-refractivity contribution >= 4 is 23.1 Å². The quantitative estimate of drug-likeness (QED) is 0.743. The normalized spacial score (nSPS) is 21.1. The highest BCUT2D eigenvalue weighted by molar-refractivity contribution is 6.28. The predicted octanol–water partition coefficient (Wildman–Crippen LogP) is 2.46. The third-order valence-corrected chi connectivity index (χ3v) is 4.09. The zero-order chi connectivity index (χ0) is 14.1. The molecule has 0 bridgehead atoms. The van der Waals surface area contributed by atoms with Gasteiger partial charge in [0.15, 0.2) is 5.82 Å². The molecule has 0 atom stereocenters. The van der Waals surface area contributed by atoms with E-state index in [1.807, 2.05) is 0 Å². The van der Waals surface area contributed by atoms with E-state index in [0.29, 0.717) is 23.5 Å². The molecular formula is C13H21ClN4O. The summed E-state index contributed by atoms with van der Waals surface area (Å²) >= 11 is 5.73. The number of halogens is 1. The van der Waals surface area contributed by atoms with E-state index in [1.54, 1.807) is 0 Å². The summed E-state index contributed by atoms with van der Waals surface area (Å²) in [6, 6.07) is 0. The lowest BCUT2D eigenvalue weighted by molar-refractivity contribution is -0.0145. The van der Waals surface area contributed by atoms with Crippen LogP contribution in [-0.2, 0) is 0 Å². The molecule has 0 aromatic carbocycles. The van der Waals surface area contributed by atoms with Gasteiger partial charge in [-0.25, -0.2) is 4.98 Å². The van der Waals surface area contributed by atoms with E-state index in [1.165, 1.54) is 6.20 Å². The lowest BCUT2D eigenvalue weighted by atomic mass is 9.71. The predicted molar refractivity (Wildman–Crippen MR) is 77.1 cm³/mol. The fourth-order valence-corrected chi connectivity index (χ4v) is 2.46. The maximum absolute atomic E-state index is 10.5. The Morgan fingerprint density at radius 3 is 2.63 bits per heavy atom. The zero-order valence-corrected chi connectivity index (χ0v) is 12.2. The molecule has 0 radical (unpaired) electrons. The summed E-state index contributed by atoms with van der Waals surface area (Å²) in [5, 5.41) is 13.8. The molecule has 6 heteroatoms. The van der Waals surface area contributed by atoms with E-state index in [0.717, 1.165) is 25.7 Å². The molecule has 1 aliphatic carbocycles. The summed E-state index contributed by atoms with van der Waals surface area (Å²) < 4.78 is 0. The Morgan fingerprint density at radius 2 is 2.00 bits per heavy atom. The van der Waals surface area contributed by atoms with E-state index in [2.05, 4.69) is 29.1 Å². The summed E-state index contributed by atoms with van der Waals surface area (Å²) in [7, 11) is 0. The van der Waals surface area contributed by atoms with Crippen molar-refractivity contribution in [2.24, 2.45) is 5.41 Å². The van der Waals surface area contributed by atoms with Gasteiger partial charge in [0, 0.05) is 6.54 Å². The van der Waals surface area contributed by atoms with Crippen molar-refractivity contribution < 1.29 is 5.11 Å². The maximum atomic E-state index is 10.5. The van der Waals surface area contributed by atoms with Gasteiger partial charge >= 0.3 is 0 Å². The van der Waals surface area contributed by atoms with E-state index >= 15 is 0 Å². The first-order chi connectivity index (χ1) is 8.80. The fraction of sp³-hybridized carbons (Fsp3) is 0.692. The van der Waals surface area contributed by atoms with Crippen LogP contribution < -0.4 is 11.1 Å². The summed E-state index contributed by atoms with van der Waals surface area (Å²) in [5.41, 5.74) is 5.83. The minimum absolute atomic E-state index is 0.147. The minimum Gasteiger partial charge on any atom is -0.394 e. The van der Waals surface area contributed by atoms with Crippen molar-refractivity contribution in [1.82, 2.24) is 9.97 Å². The highest BCUT2D eigenvalue weighted by Gasteiger charge is 2.36. The number of nitrogens with zero attached hydrogens (tertiary/aromatic N) is 2. The maximum Gasteiger partial charge on any atom is 0.224 e. The number of rotatable bonds is 3. The van der Waals surface area contributed by atoms with Gasteiger partial charge in [-0.3, -0.25) is 0 Å². The Labute approximate surface area is 118 Å². The number of hydrogen-bond acceptors (Lipinski definition) is 5. The van der Waals surface area contributed by atoms with Gasteiger partial charge in [0.2, 0.25) is 5.28 Å². The number of nitrogens with two attached hydrogens (primary N) is 1. The van der Waals surface area contributed by atoms with Gasteiger partial charge in [-0.2, -0.15) is 4.98 Å². The number of nitrogens with one attached hydrogen (secondary N) is 1. The van der Waals surface area contributed by atoms with E-state index in [9.17, 15) is 5.11 Å². The van der Waals surface area contributed by atoms with Crippen LogP contribution in [0.3, 0.4) is 0 Å². The monoisotopic (exact) mass is 284 g/mol. The van der Waals surface area contributed by atoms with Crippen molar-refractivity contribution in [2.75, 3.05) is 17.6 Å². The topological polar surface area (TPSA) is 84.1 Å². The molecule has 0 unspecified atom stereocenters. The highest BCUT2D eigenvalue weighted by Crippen LogP contribution is 2.40. The number of aliphatic hydroxyl groups is 1. The molecule has 0 spiro atoms. The molecule has 1 heterocycles. The van der Waals surface area contributed by atoms with Crippen LogP contribution in [0.5, 0.6) is 0 Å². The second-order valence-corrected chi connectivity index (χ2v) is 6.52. The van der Waals surface area contributed by atoms with Crippen molar-refractivity contribution in [2.45, 2.75) is 45.1 Å². The molecule has 2 rings (SSSR count). The third-order valence-electron chi connectivity index (χ3n) is 3.91. The van der Waals surface area contributed by atoms with Crippen molar-refractivity contribution in [1.29, 1.82) is 0 Å². The van der Waals surface area contributed by atoms with Gasteiger partial charge in [-0.15, -0.1) is 0 Å². The van der Waals surface area contributed by atoms with Crippen molar-refractivity contribution in [3.8, 4) is 0 Å². The molecule has 0 aliphatic heterocycles. The highest BCUT2D eigenvalue weighted by atomic mass is 35.5. The molecule has 5 nitrogen and oxygen atoms in total. The molecule has 1 aliphatic rings. The molecule has 1 fully saturated rings. The molecule has 0 saturated heterocycles. The average Bonchev–Trinajstić information content (AvgIpc) is 2.35. The van der Waals surface area contributed by atoms with Gasteiger partial charge < -0.3 is 16.2 Å². The number of anilines is 2. The number of nitrogen functional groups attached to an aromatic ring is 1. The second-order valence-electron chi connectivity index (χ2n) is 6.19. The second kappa shape index (κ2) is 5.13. The van der Waals surface area contributed by atoms with Gasteiger partial charge in [0.1, 0.15) is 0 Å². The molecule has 1 aromatic rings. The SMILES string of the molecule is CC1(C)CCC(O)(CNc2nc(Cl)ncc2N)CC1. The van der Waals surface area contributed by atoms with Gasteiger partial charge in [-0.1, -0.05) is 13.8 Å². The third kappa shape index (κ3) is 3.70. The van der Waals surface area contributed by atoms with Crippen molar-refractivity contribution in [3.63, 3.8) is 0 Å². The van der Waals surface area contributed by atoms with Gasteiger partial charge in [0.25, 0.3) is 0 Å². The molecular weight excluding hydrogens is 264 g/mol. The number of hydrogen-bond donors (Lipinski definition) is 3. The summed E-state index contributed by atoms with van der Waals surface area (Å²) in [4.78, 5) is 7.82. The van der Waals surface area contributed by atoms with Crippen LogP contribution >= 0.6 is 11.6 Å². The van der Waals surface area contributed by atoms with Crippen LogP contribution in [0.4, 0.5) is 11.5 Å². The first kappa shape index (κ1) is 14.3. The van der Waals surface area contributed by atoms with Crippen LogP contribution in [0.1, 0.15) is 39.5 Å². The summed E-state index contributed by atoms with van der Waals surface area (Å²) in [6.07, 6.45) is 5.07. The Kier molecular flexibility index (Phi) is 3.87. The summed E-state index contributed by atoms with van der Waals surface area (Å²) in [6.45, 7) is 4.91. The average molecular weight is 285 g/mol. The van der Waals surface area contributed by atoms with Gasteiger partial charge in [0.05, 0.1) is 17.5 Å². The van der Waals surface area contributed by atoms with Gasteiger partial charge in [-0.05, 0) is 42.7 Å². The Morgan fingerprint density at radius 1 is 1.37 bits per heavy atom. The van der Waals surface area contributed by atoms with Crippen LogP contribution in [0, 0.1) is 5.41 Å². The molecule has 0 amide bonds. The first-order valence-corrected chi connectivity index (χ1v) is 6.92. The lowest BCUT2D eigenvalue weighted by Crippen LogP contribution is -2.42. The van der Waals surface area contributed by atoms with Crippen LogP contribution in [0.2, 0.25) is 5.28 Å². The van der Waals surface area contributed by atoms with E-state index in [4.69, 9.17) is 17.3 Å².